The fourth-order valence-corrected chi connectivity index (χ4v) is 4.67. The predicted octanol–water partition coefficient (Wildman–Crippen LogP) is 2.58. The first-order valence-corrected chi connectivity index (χ1v) is 13.8. The highest BCUT2D eigenvalue weighted by Gasteiger charge is 2.44. The van der Waals surface area contributed by atoms with Gasteiger partial charge < -0.3 is 25.8 Å². The van der Waals surface area contributed by atoms with Crippen LogP contribution < -0.4 is 16.0 Å². The van der Waals surface area contributed by atoms with Crippen molar-refractivity contribution < 1.29 is 47.0 Å². The smallest absolute Gasteiger partial charge is 0.475 e. The van der Waals surface area contributed by atoms with Gasteiger partial charge in [0.2, 0.25) is 17.7 Å². The van der Waals surface area contributed by atoms with Gasteiger partial charge in [0, 0.05) is 25.4 Å². The van der Waals surface area contributed by atoms with Gasteiger partial charge in [0.1, 0.15) is 23.7 Å². The van der Waals surface area contributed by atoms with Gasteiger partial charge in [-0.15, -0.1) is 0 Å². The summed E-state index contributed by atoms with van der Waals surface area (Å²) in [5.41, 5.74) is 0.998. The lowest BCUT2D eigenvalue weighted by molar-refractivity contribution is -0.192. The summed E-state index contributed by atoms with van der Waals surface area (Å²) in [6.07, 6.45) is -4.97. The average Bonchev–Trinajstić information content (AvgIpc) is 3.36. The molecular weight excluding hydrogens is 585 g/mol. The van der Waals surface area contributed by atoms with E-state index < -0.39 is 59.8 Å². The number of hydrogen-bond donors (Lipinski definition) is 4. The molecule has 2 bridgehead atoms. The number of likely N-dealkylation sites (tertiary alicyclic amines) is 1. The van der Waals surface area contributed by atoms with E-state index in [1.54, 1.807) is 20.8 Å². The van der Waals surface area contributed by atoms with Crippen LogP contribution >= 0.6 is 0 Å². The van der Waals surface area contributed by atoms with Crippen LogP contribution in [0.4, 0.5) is 18.0 Å². The number of carbonyl (C=O) groups excluding carboxylic acids is 4. The molecule has 0 aliphatic carbocycles. The molecule has 0 radical (unpaired) electrons. The van der Waals surface area contributed by atoms with Gasteiger partial charge in [-0.05, 0) is 38.3 Å². The number of amides is 4. The number of nitrogens with one attached hydrogen (secondary N) is 3. The van der Waals surface area contributed by atoms with E-state index in [-0.39, 0.29) is 31.7 Å². The van der Waals surface area contributed by atoms with Crippen LogP contribution in [0.2, 0.25) is 0 Å². The molecule has 2 aliphatic rings. The van der Waals surface area contributed by atoms with E-state index in [9.17, 15) is 32.3 Å². The Balaban J connectivity index is 0.000000676. The molecule has 4 N–H and O–H groups in total. The Hall–Kier alpha value is -4.62. The van der Waals surface area contributed by atoms with E-state index in [0.29, 0.717) is 0 Å². The maximum Gasteiger partial charge on any atom is 0.490 e. The largest absolute Gasteiger partial charge is 0.490 e. The summed E-state index contributed by atoms with van der Waals surface area (Å²) in [7, 11) is 0. The second-order valence-corrected chi connectivity index (χ2v) is 11.4. The summed E-state index contributed by atoms with van der Waals surface area (Å²) >= 11 is 0. The molecule has 2 heterocycles. The minimum absolute atomic E-state index is 0.133. The molecule has 4 rings (SSSR count). The molecule has 238 valence electrons. The third-order valence-corrected chi connectivity index (χ3v) is 6.65. The standard InChI is InChI=1S/C28H34N4O5.C2HF3O2/c1-28(2,3)37-27(36)32-17-20-16-23(32)26(35)31-22(15-19-12-8-5-9-13-19)25(34)30-21(24(33)29-20)14-18-10-6-4-7-11-18;3-2(4,5)1(6)7/h4-13,20-23H,14-17H2,1-3H3,(H,29,33)(H,30,34)(H,31,35);(H,6,7)/t20-,21-,22-,23-;/m0./s1. The van der Waals surface area contributed by atoms with Crippen molar-refractivity contribution in [3.63, 3.8) is 0 Å². The minimum Gasteiger partial charge on any atom is -0.475 e. The molecule has 14 heteroatoms. The normalized spacial score (nSPS) is 22.3. The zero-order valence-electron chi connectivity index (χ0n) is 24.4. The van der Waals surface area contributed by atoms with Crippen LogP contribution in [0.5, 0.6) is 0 Å². The summed E-state index contributed by atoms with van der Waals surface area (Å²) in [4.78, 5) is 63.4. The molecule has 44 heavy (non-hydrogen) atoms. The van der Waals surface area contributed by atoms with Crippen molar-refractivity contribution in [3.8, 4) is 0 Å². The fraction of sp³-hybridized carbons (Fsp3) is 0.433. The summed E-state index contributed by atoms with van der Waals surface area (Å²) in [5, 5.41) is 15.8. The molecule has 2 aliphatic heterocycles. The number of alkyl halides is 3. The molecule has 0 spiro atoms. The van der Waals surface area contributed by atoms with E-state index in [1.165, 1.54) is 4.90 Å². The molecule has 2 aromatic carbocycles. The van der Waals surface area contributed by atoms with Crippen LogP contribution in [0.25, 0.3) is 0 Å². The maximum absolute atomic E-state index is 13.4. The number of benzene rings is 2. The van der Waals surface area contributed by atoms with Gasteiger partial charge in [0.25, 0.3) is 0 Å². The molecular formula is C30H35F3N4O7. The highest BCUT2D eigenvalue weighted by Crippen LogP contribution is 2.23. The lowest BCUT2D eigenvalue weighted by Crippen LogP contribution is -2.58. The molecule has 2 fully saturated rings. The van der Waals surface area contributed by atoms with Gasteiger partial charge in [0.05, 0.1) is 0 Å². The Morgan fingerprint density at radius 3 is 1.68 bits per heavy atom. The SMILES string of the molecule is CC(C)(C)OC(=O)N1C[C@@H]2C[C@H]1C(=O)N[C@@H](Cc1ccccc1)C(=O)N[C@@H](Cc1ccccc1)C(=O)N2.O=C(O)C(F)(F)F. The first kappa shape index (κ1) is 33.9. The first-order valence-electron chi connectivity index (χ1n) is 13.8. The second-order valence-electron chi connectivity index (χ2n) is 11.4. The Bertz CT molecular complexity index is 1330. The molecule has 0 saturated carbocycles. The molecule has 11 nitrogen and oxygen atoms in total. The number of carboxylic acid groups (broad SMARTS) is 1. The molecule has 2 aromatic rings. The number of rotatable bonds is 4. The van der Waals surface area contributed by atoms with E-state index >= 15 is 0 Å². The van der Waals surface area contributed by atoms with Crippen molar-refractivity contribution in [2.75, 3.05) is 6.54 Å². The van der Waals surface area contributed by atoms with Gasteiger partial charge in [-0.2, -0.15) is 13.2 Å². The third kappa shape index (κ3) is 9.99. The van der Waals surface area contributed by atoms with Crippen molar-refractivity contribution >= 4 is 29.8 Å². The molecule has 4 amide bonds. The molecule has 2 saturated heterocycles. The van der Waals surface area contributed by atoms with Crippen molar-refractivity contribution in [1.82, 2.24) is 20.9 Å². The van der Waals surface area contributed by atoms with Gasteiger partial charge >= 0.3 is 18.2 Å². The zero-order valence-corrected chi connectivity index (χ0v) is 24.4. The van der Waals surface area contributed by atoms with Crippen molar-refractivity contribution in [2.45, 2.75) is 76.0 Å². The summed E-state index contributed by atoms with van der Waals surface area (Å²) in [6.45, 7) is 5.39. The minimum atomic E-state index is -5.08. The summed E-state index contributed by atoms with van der Waals surface area (Å²) < 4.78 is 37.3. The van der Waals surface area contributed by atoms with Crippen molar-refractivity contribution in [1.29, 1.82) is 0 Å². The van der Waals surface area contributed by atoms with Crippen molar-refractivity contribution in [3.05, 3.63) is 71.8 Å². The number of carbonyl (C=O) groups is 5. The van der Waals surface area contributed by atoms with E-state index in [2.05, 4.69) is 16.0 Å². The second kappa shape index (κ2) is 14.2. The number of aliphatic carboxylic acids is 1. The zero-order chi connectivity index (χ0) is 32.7. The Morgan fingerprint density at radius 1 is 0.818 bits per heavy atom. The van der Waals surface area contributed by atoms with Crippen LogP contribution in [0.15, 0.2) is 60.7 Å². The fourth-order valence-electron chi connectivity index (χ4n) is 4.67. The lowest BCUT2D eigenvalue weighted by atomic mass is 10.0. The van der Waals surface area contributed by atoms with Crippen LogP contribution in [0.3, 0.4) is 0 Å². The molecule has 0 unspecified atom stereocenters. The number of nitrogens with zero attached hydrogens (tertiary/aromatic N) is 1. The monoisotopic (exact) mass is 620 g/mol. The van der Waals surface area contributed by atoms with Gasteiger partial charge in [-0.1, -0.05) is 60.7 Å². The first-order chi connectivity index (χ1) is 20.5. The van der Waals surface area contributed by atoms with Crippen LogP contribution in [-0.4, -0.2) is 82.3 Å². The summed E-state index contributed by atoms with van der Waals surface area (Å²) in [6, 6.07) is 15.6. The molecule has 0 aromatic heterocycles. The van der Waals surface area contributed by atoms with E-state index in [0.717, 1.165) is 11.1 Å². The predicted molar refractivity (Wildman–Crippen MR) is 151 cm³/mol. The van der Waals surface area contributed by atoms with Gasteiger partial charge in [0.15, 0.2) is 0 Å². The van der Waals surface area contributed by atoms with Crippen molar-refractivity contribution in [2.24, 2.45) is 0 Å². The van der Waals surface area contributed by atoms with Crippen LogP contribution in [-0.2, 0) is 36.8 Å². The van der Waals surface area contributed by atoms with Crippen LogP contribution in [0.1, 0.15) is 38.3 Å². The number of halogens is 3. The van der Waals surface area contributed by atoms with Crippen LogP contribution in [0, 0.1) is 0 Å². The molecule has 4 atom stereocenters. The highest BCUT2D eigenvalue weighted by atomic mass is 19.4. The number of hydrogen-bond acceptors (Lipinski definition) is 6. The Morgan fingerprint density at radius 2 is 1.25 bits per heavy atom. The average molecular weight is 621 g/mol. The third-order valence-electron chi connectivity index (χ3n) is 6.65. The number of fused-ring (bicyclic) bond motifs is 2. The Kier molecular flexibility index (Phi) is 11.0. The quantitative estimate of drug-likeness (QED) is 0.410. The van der Waals surface area contributed by atoms with Gasteiger partial charge in [-0.25, -0.2) is 9.59 Å². The van der Waals surface area contributed by atoms with Gasteiger partial charge in [-0.3, -0.25) is 19.3 Å². The summed E-state index contributed by atoms with van der Waals surface area (Å²) in [5.74, 6) is -4.04. The maximum atomic E-state index is 13.4. The Labute approximate surface area is 252 Å². The number of ether oxygens (including phenoxy) is 1. The highest BCUT2D eigenvalue weighted by molar-refractivity contribution is 5.95. The topological polar surface area (TPSA) is 154 Å². The lowest BCUT2D eigenvalue weighted by Gasteiger charge is -2.30. The van der Waals surface area contributed by atoms with E-state index in [1.807, 2.05) is 60.7 Å². The number of carboxylic acids is 1. The van der Waals surface area contributed by atoms with E-state index in [4.69, 9.17) is 14.6 Å².